The Morgan fingerprint density at radius 3 is 1.44 bits per heavy atom. The molecular formula is C44H64N10O16. The highest BCUT2D eigenvalue weighted by Gasteiger charge is 2.35. The number of aliphatic hydroxyl groups is 4. The first-order chi connectivity index (χ1) is 33.1. The number of carboxylic acids is 1. The summed E-state index contributed by atoms with van der Waals surface area (Å²) in [6, 6.07) is 0.808. The van der Waals surface area contributed by atoms with E-state index in [0.717, 1.165) is 0 Å². The minimum absolute atomic E-state index is 0.130. The number of carbonyl (C=O) groups excluding carboxylic acids is 9. The molecule has 26 heteroatoms. The Balaban J connectivity index is 2.30. The van der Waals surface area contributed by atoms with Crippen LogP contribution in [0.25, 0.3) is 0 Å². The molecule has 10 atom stereocenters. The second kappa shape index (κ2) is 29.6. The molecule has 0 aromatic heterocycles. The van der Waals surface area contributed by atoms with Crippen molar-refractivity contribution in [2.75, 3.05) is 32.9 Å². The van der Waals surface area contributed by atoms with Crippen LogP contribution in [0.4, 0.5) is 0 Å². The van der Waals surface area contributed by atoms with E-state index in [4.69, 9.17) is 5.73 Å². The number of hydrogen-bond donors (Lipinski definition) is 16. The fourth-order valence-electron chi connectivity index (χ4n) is 6.29. The highest BCUT2D eigenvalue weighted by molar-refractivity contribution is 5.98. The Bertz CT molecular complexity index is 2110. The summed E-state index contributed by atoms with van der Waals surface area (Å²) in [5.74, 6) is -11.1. The van der Waals surface area contributed by atoms with Gasteiger partial charge in [-0.05, 0) is 43.0 Å². The zero-order valence-corrected chi connectivity index (χ0v) is 39.0. The van der Waals surface area contributed by atoms with Gasteiger partial charge in [0, 0.05) is 12.8 Å². The summed E-state index contributed by atoms with van der Waals surface area (Å²) < 4.78 is 0. The van der Waals surface area contributed by atoms with Gasteiger partial charge in [0.2, 0.25) is 53.2 Å². The number of aliphatic carboxylic acids is 1. The maximum absolute atomic E-state index is 13.8. The number of amides is 9. The number of hydrogen-bond acceptors (Lipinski definition) is 16. The first kappa shape index (κ1) is 58.9. The molecule has 2 aromatic carbocycles. The molecule has 0 aliphatic carbocycles. The van der Waals surface area contributed by atoms with Crippen LogP contribution in [0, 0.1) is 5.92 Å². The molecule has 17 N–H and O–H groups in total. The van der Waals surface area contributed by atoms with Gasteiger partial charge in [0.1, 0.15) is 54.1 Å². The monoisotopic (exact) mass is 988 g/mol. The van der Waals surface area contributed by atoms with E-state index < -0.39 is 152 Å². The lowest BCUT2D eigenvalue weighted by Gasteiger charge is -2.28. The van der Waals surface area contributed by atoms with Gasteiger partial charge in [-0.3, -0.25) is 43.2 Å². The van der Waals surface area contributed by atoms with E-state index in [9.17, 15) is 78.6 Å². The van der Waals surface area contributed by atoms with E-state index in [1.165, 1.54) is 38.1 Å². The average Bonchev–Trinajstić information content (AvgIpc) is 3.33. The van der Waals surface area contributed by atoms with Crippen LogP contribution in [0.15, 0.2) is 54.6 Å². The van der Waals surface area contributed by atoms with Crippen molar-refractivity contribution in [3.8, 4) is 5.75 Å². The van der Waals surface area contributed by atoms with E-state index in [2.05, 4.69) is 47.9 Å². The minimum atomic E-state index is -1.84. The molecule has 0 aliphatic rings. The van der Waals surface area contributed by atoms with E-state index in [1.54, 1.807) is 44.2 Å². The van der Waals surface area contributed by atoms with Gasteiger partial charge in [-0.1, -0.05) is 62.7 Å². The number of rotatable bonds is 29. The molecule has 0 saturated heterocycles. The van der Waals surface area contributed by atoms with Gasteiger partial charge in [-0.15, -0.1) is 0 Å². The van der Waals surface area contributed by atoms with Gasteiger partial charge in [0.25, 0.3) is 0 Å². The molecule has 26 nitrogen and oxygen atoms in total. The van der Waals surface area contributed by atoms with Crippen LogP contribution < -0.4 is 53.6 Å². The van der Waals surface area contributed by atoms with Crippen molar-refractivity contribution in [1.82, 2.24) is 47.9 Å². The lowest BCUT2D eigenvalue weighted by atomic mass is 9.97. The largest absolute Gasteiger partial charge is 0.508 e. The number of phenolic OH excluding ortho intramolecular Hbond substituents is 1. The fourth-order valence-corrected chi connectivity index (χ4v) is 6.29. The van der Waals surface area contributed by atoms with Crippen molar-refractivity contribution < 1.29 is 78.6 Å². The Kier molecular flexibility index (Phi) is 24.9. The number of nitrogens with two attached hydrogens (primary N) is 1. The third-order valence-electron chi connectivity index (χ3n) is 10.6. The minimum Gasteiger partial charge on any atom is -0.508 e. The summed E-state index contributed by atoms with van der Waals surface area (Å²) in [6.07, 6.45) is -1.69. The lowest BCUT2D eigenvalue weighted by Crippen LogP contribution is -2.62. The number of carboxylic acid groups (broad SMARTS) is 1. The maximum Gasteiger partial charge on any atom is 0.328 e. The van der Waals surface area contributed by atoms with Gasteiger partial charge < -0.3 is 84.2 Å². The second-order valence-electron chi connectivity index (χ2n) is 16.1. The molecule has 2 rings (SSSR count). The number of carbonyl (C=O) groups is 10. The first-order valence-electron chi connectivity index (χ1n) is 22.0. The molecule has 70 heavy (non-hydrogen) atoms. The number of aliphatic hydroxyl groups excluding tert-OH is 4. The quantitative estimate of drug-likeness (QED) is 0.0360. The number of aromatic hydroxyl groups is 1. The van der Waals surface area contributed by atoms with Crippen LogP contribution in [-0.4, -0.2) is 177 Å². The highest BCUT2D eigenvalue weighted by Crippen LogP contribution is 2.13. The van der Waals surface area contributed by atoms with E-state index in [0.29, 0.717) is 17.5 Å². The lowest BCUT2D eigenvalue weighted by molar-refractivity contribution is -0.143. The van der Waals surface area contributed by atoms with Gasteiger partial charge in [0.05, 0.1) is 39.0 Å². The standard InChI is InChI=1S/C44H64N10O16/c1-5-22(2)35(42(67)52-32(21-57)44(69)70)54-37(62)23(3)47-38(63)28(16-26-11-13-27(59)14-12-26)48-40(65)30(19-55)51-41(66)31(20-56)50-39(64)29(15-25-9-7-6-8-10-25)49-43(68)36(24(4)58)53-34(61)18-46-33(60)17-45/h6-14,22-24,28-32,35-36,55-59H,5,15-21,45H2,1-4H3,(H,46,60)(H,47,63)(H,48,65)(H,49,68)(H,50,64)(H,51,66)(H,52,67)(H,53,61)(H,54,62)(H,69,70)/t22-,23-,24+,28-,29-,30-,31-,32-,35-,36-/m0/s1. The van der Waals surface area contributed by atoms with Gasteiger partial charge in [0.15, 0.2) is 0 Å². The Labute approximate surface area is 402 Å². The fraction of sp³-hybridized carbons (Fsp3) is 0.500. The van der Waals surface area contributed by atoms with Crippen LogP contribution in [0.3, 0.4) is 0 Å². The molecule has 0 aliphatic heterocycles. The third kappa shape index (κ3) is 19.4. The number of nitrogens with one attached hydrogen (secondary N) is 9. The second-order valence-corrected chi connectivity index (χ2v) is 16.1. The summed E-state index contributed by atoms with van der Waals surface area (Å²) in [6.45, 7) is 1.59. The predicted molar refractivity (Wildman–Crippen MR) is 245 cm³/mol. The Hall–Kier alpha value is -7.26. The smallest absolute Gasteiger partial charge is 0.328 e. The van der Waals surface area contributed by atoms with Crippen LogP contribution in [0.1, 0.15) is 45.2 Å². The van der Waals surface area contributed by atoms with Crippen molar-refractivity contribution in [2.45, 2.75) is 101 Å². The molecular weight excluding hydrogens is 925 g/mol. The van der Waals surface area contributed by atoms with Crippen molar-refractivity contribution in [1.29, 1.82) is 0 Å². The van der Waals surface area contributed by atoms with Crippen molar-refractivity contribution in [3.05, 3.63) is 65.7 Å². The molecule has 0 unspecified atom stereocenters. The number of benzene rings is 2. The van der Waals surface area contributed by atoms with E-state index >= 15 is 0 Å². The van der Waals surface area contributed by atoms with Crippen molar-refractivity contribution in [2.24, 2.45) is 11.7 Å². The van der Waals surface area contributed by atoms with Crippen molar-refractivity contribution >= 4 is 59.1 Å². The molecule has 9 amide bonds. The normalized spacial score (nSPS) is 15.2. The Morgan fingerprint density at radius 1 is 0.529 bits per heavy atom. The summed E-state index contributed by atoms with van der Waals surface area (Å²) in [7, 11) is 0. The summed E-state index contributed by atoms with van der Waals surface area (Å²) in [5.41, 5.74) is 6.10. The zero-order chi connectivity index (χ0) is 52.7. The van der Waals surface area contributed by atoms with Crippen LogP contribution >= 0.6 is 0 Å². The SMILES string of the molecule is CC[C@H](C)[C@H](NC(=O)[C@H](C)NC(=O)[C@H](Cc1ccc(O)cc1)NC(=O)[C@H](CO)NC(=O)[C@H](CO)NC(=O)[C@H](Cc1ccccc1)NC(=O)[C@@H](NC(=O)CNC(=O)CN)[C@@H](C)O)C(=O)N[C@@H](CO)C(=O)O. The number of phenols is 1. The maximum atomic E-state index is 13.8. The summed E-state index contributed by atoms with van der Waals surface area (Å²) in [4.78, 5) is 130. The van der Waals surface area contributed by atoms with Crippen LogP contribution in [0.5, 0.6) is 5.75 Å². The highest BCUT2D eigenvalue weighted by atomic mass is 16.4. The first-order valence-corrected chi connectivity index (χ1v) is 22.0. The molecule has 0 spiro atoms. The van der Waals surface area contributed by atoms with Crippen LogP contribution in [-0.2, 0) is 60.8 Å². The third-order valence-corrected chi connectivity index (χ3v) is 10.6. The average molecular weight is 989 g/mol. The van der Waals surface area contributed by atoms with E-state index in [1.807, 2.05) is 0 Å². The van der Waals surface area contributed by atoms with Gasteiger partial charge in [-0.2, -0.15) is 0 Å². The van der Waals surface area contributed by atoms with Crippen LogP contribution in [0.2, 0.25) is 0 Å². The molecule has 2 aromatic rings. The predicted octanol–water partition coefficient (Wildman–Crippen LogP) is -6.36. The van der Waals surface area contributed by atoms with E-state index in [-0.39, 0.29) is 18.6 Å². The molecule has 0 fully saturated rings. The van der Waals surface area contributed by atoms with Crippen molar-refractivity contribution in [3.63, 3.8) is 0 Å². The Morgan fingerprint density at radius 2 is 0.971 bits per heavy atom. The summed E-state index contributed by atoms with van der Waals surface area (Å²) in [5, 5.41) is 79.9. The summed E-state index contributed by atoms with van der Waals surface area (Å²) >= 11 is 0. The topological polar surface area (TPSA) is 426 Å². The molecule has 386 valence electrons. The molecule has 0 heterocycles. The zero-order valence-electron chi connectivity index (χ0n) is 39.0. The van der Waals surface area contributed by atoms with Gasteiger partial charge in [-0.25, -0.2) is 4.79 Å². The molecule has 0 radical (unpaired) electrons. The van der Waals surface area contributed by atoms with Gasteiger partial charge >= 0.3 is 5.97 Å². The molecule has 0 saturated carbocycles. The molecule has 0 bridgehead atoms.